The van der Waals surface area contributed by atoms with Gasteiger partial charge in [-0.1, -0.05) is 62.4 Å². The van der Waals surface area contributed by atoms with Crippen LogP contribution in [0.4, 0.5) is 5.82 Å². The summed E-state index contributed by atoms with van der Waals surface area (Å²) in [6, 6.07) is 21.9. The van der Waals surface area contributed by atoms with Crippen LogP contribution in [0.2, 0.25) is 0 Å². The van der Waals surface area contributed by atoms with Gasteiger partial charge in [0.1, 0.15) is 5.75 Å². The van der Waals surface area contributed by atoms with Crippen LogP contribution in [-0.4, -0.2) is 53.8 Å². The molecule has 0 atom stereocenters. The van der Waals surface area contributed by atoms with E-state index in [1.807, 2.05) is 71.6 Å². The largest absolute Gasteiger partial charge is 0.483 e. The molecule has 2 heterocycles. The summed E-state index contributed by atoms with van der Waals surface area (Å²) in [5.74, 6) is 2.00. The highest BCUT2D eigenvalue weighted by Gasteiger charge is 2.23. The smallest absolute Gasteiger partial charge is 0.260 e. The molecule has 0 bridgehead atoms. The minimum Gasteiger partial charge on any atom is -0.483 e. The zero-order valence-corrected chi connectivity index (χ0v) is 18.1. The van der Waals surface area contributed by atoms with Gasteiger partial charge >= 0.3 is 0 Å². The number of carbonyl (C=O) groups is 1. The molecule has 6 nitrogen and oxygen atoms in total. The second kappa shape index (κ2) is 9.60. The molecule has 0 saturated carbocycles. The van der Waals surface area contributed by atoms with E-state index in [9.17, 15) is 4.79 Å². The molecule has 0 N–H and O–H groups in total. The Morgan fingerprint density at radius 2 is 1.61 bits per heavy atom. The molecule has 1 fully saturated rings. The van der Waals surface area contributed by atoms with Gasteiger partial charge in [0.15, 0.2) is 12.4 Å². The normalized spacial score (nSPS) is 14.0. The van der Waals surface area contributed by atoms with Crippen molar-refractivity contribution in [3.05, 3.63) is 72.3 Å². The lowest BCUT2D eigenvalue weighted by atomic mass is 10.0. The van der Waals surface area contributed by atoms with Crippen LogP contribution in [0.1, 0.15) is 25.3 Å². The van der Waals surface area contributed by atoms with E-state index < -0.39 is 0 Å². The third-order valence-electron chi connectivity index (χ3n) is 5.57. The van der Waals surface area contributed by atoms with Gasteiger partial charge in [-0.05, 0) is 29.7 Å². The molecule has 1 saturated heterocycles. The molecule has 1 aliphatic heterocycles. The molecule has 0 aliphatic carbocycles. The maximum atomic E-state index is 12.7. The first kappa shape index (κ1) is 20.8. The van der Waals surface area contributed by atoms with Crippen LogP contribution in [0, 0.1) is 0 Å². The second-order valence-electron chi connectivity index (χ2n) is 7.99. The van der Waals surface area contributed by atoms with Crippen LogP contribution in [0.15, 0.2) is 66.7 Å². The van der Waals surface area contributed by atoms with Crippen molar-refractivity contribution in [3.8, 4) is 17.0 Å². The molecule has 0 unspecified atom stereocenters. The average molecular weight is 417 g/mol. The topological polar surface area (TPSA) is 58.6 Å². The Labute approximate surface area is 183 Å². The van der Waals surface area contributed by atoms with Crippen molar-refractivity contribution in [2.24, 2.45) is 0 Å². The average Bonchev–Trinajstić information content (AvgIpc) is 2.83. The third kappa shape index (κ3) is 5.02. The maximum Gasteiger partial charge on any atom is 0.260 e. The van der Waals surface area contributed by atoms with Gasteiger partial charge < -0.3 is 14.5 Å². The Hall–Kier alpha value is -3.41. The second-order valence-corrected chi connectivity index (χ2v) is 7.99. The zero-order chi connectivity index (χ0) is 21.6. The van der Waals surface area contributed by atoms with Crippen molar-refractivity contribution in [3.63, 3.8) is 0 Å². The van der Waals surface area contributed by atoms with E-state index in [2.05, 4.69) is 28.9 Å². The van der Waals surface area contributed by atoms with E-state index >= 15 is 0 Å². The number of piperazine rings is 1. The van der Waals surface area contributed by atoms with Gasteiger partial charge in [0, 0.05) is 31.7 Å². The summed E-state index contributed by atoms with van der Waals surface area (Å²) in [6.07, 6.45) is 0. The van der Waals surface area contributed by atoms with Crippen molar-refractivity contribution >= 4 is 11.7 Å². The third-order valence-corrected chi connectivity index (χ3v) is 5.57. The number of hydrogen-bond acceptors (Lipinski definition) is 5. The molecule has 3 aromatic rings. The predicted molar refractivity (Wildman–Crippen MR) is 122 cm³/mol. The van der Waals surface area contributed by atoms with Crippen LogP contribution in [0.5, 0.6) is 5.75 Å². The van der Waals surface area contributed by atoms with E-state index in [0.717, 1.165) is 41.5 Å². The monoisotopic (exact) mass is 416 g/mol. The minimum absolute atomic E-state index is 0.0173. The van der Waals surface area contributed by atoms with E-state index in [4.69, 9.17) is 4.74 Å². The summed E-state index contributed by atoms with van der Waals surface area (Å²) in [6.45, 7) is 7.07. The number of para-hydroxylation sites is 1. The van der Waals surface area contributed by atoms with Gasteiger partial charge in [0.05, 0.1) is 5.69 Å². The molecule has 4 rings (SSSR count). The molecule has 2 aromatic carbocycles. The fourth-order valence-corrected chi connectivity index (χ4v) is 3.76. The van der Waals surface area contributed by atoms with Gasteiger partial charge in [-0.15, -0.1) is 10.2 Å². The highest BCUT2D eigenvalue weighted by Crippen LogP contribution is 2.26. The number of hydrogen-bond donors (Lipinski definition) is 0. The fraction of sp³-hybridized carbons (Fsp3) is 0.320. The van der Waals surface area contributed by atoms with Crippen LogP contribution < -0.4 is 9.64 Å². The highest BCUT2D eigenvalue weighted by molar-refractivity contribution is 5.78. The summed E-state index contributed by atoms with van der Waals surface area (Å²) in [4.78, 5) is 16.7. The van der Waals surface area contributed by atoms with Crippen molar-refractivity contribution in [2.45, 2.75) is 19.8 Å². The van der Waals surface area contributed by atoms with Gasteiger partial charge in [-0.25, -0.2) is 0 Å². The number of rotatable bonds is 6. The molecule has 1 aromatic heterocycles. The number of carbonyl (C=O) groups excluding carboxylic acids is 1. The van der Waals surface area contributed by atoms with E-state index in [0.29, 0.717) is 19.0 Å². The Balaban J connectivity index is 1.30. The summed E-state index contributed by atoms with van der Waals surface area (Å²) in [5.41, 5.74) is 3.03. The van der Waals surface area contributed by atoms with E-state index in [1.165, 1.54) is 0 Å². The standard InChI is InChI=1S/C25H28N4O2/c1-19(2)21-10-6-7-11-23(21)31-18-25(30)29-16-14-28(15-17-29)24-13-12-22(26-27-24)20-8-4-3-5-9-20/h3-13,19H,14-18H2,1-2H3. The number of nitrogens with zero attached hydrogens (tertiary/aromatic N) is 4. The Morgan fingerprint density at radius 1 is 0.903 bits per heavy atom. The lowest BCUT2D eigenvalue weighted by Gasteiger charge is -2.35. The molecule has 1 aliphatic rings. The van der Waals surface area contributed by atoms with Crippen LogP contribution >= 0.6 is 0 Å². The summed E-state index contributed by atoms with van der Waals surface area (Å²) in [5, 5.41) is 8.77. The quantitative estimate of drug-likeness (QED) is 0.608. The zero-order valence-electron chi connectivity index (χ0n) is 18.1. The Morgan fingerprint density at radius 3 is 2.29 bits per heavy atom. The van der Waals surface area contributed by atoms with Crippen molar-refractivity contribution < 1.29 is 9.53 Å². The molecular weight excluding hydrogens is 388 g/mol. The van der Waals surface area contributed by atoms with E-state index in [1.54, 1.807) is 0 Å². The molecule has 0 spiro atoms. The van der Waals surface area contributed by atoms with Gasteiger partial charge in [-0.2, -0.15) is 0 Å². The fourth-order valence-electron chi connectivity index (χ4n) is 3.76. The van der Waals surface area contributed by atoms with Crippen molar-refractivity contribution in [1.29, 1.82) is 0 Å². The predicted octanol–water partition coefficient (Wildman–Crippen LogP) is 3.99. The number of ether oxygens (including phenoxy) is 1. The molecule has 160 valence electrons. The number of anilines is 1. The summed E-state index contributed by atoms with van der Waals surface area (Å²) < 4.78 is 5.85. The maximum absolute atomic E-state index is 12.7. The van der Waals surface area contributed by atoms with Crippen LogP contribution in [0.25, 0.3) is 11.3 Å². The minimum atomic E-state index is 0.0173. The van der Waals surface area contributed by atoms with Crippen molar-refractivity contribution in [2.75, 3.05) is 37.7 Å². The summed E-state index contributed by atoms with van der Waals surface area (Å²) >= 11 is 0. The molecule has 0 radical (unpaired) electrons. The van der Waals surface area contributed by atoms with Gasteiger partial charge in [0.2, 0.25) is 0 Å². The Kier molecular flexibility index (Phi) is 6.46. The van der Waals surface area contributed by atoms with Crippen LogP contribution in [-0.2, 0) is 4.79 Å². The lowest BCUT2D eigenvalue weighted by Crippen LogP contribution is -2.50. The van der Waals surface area contributed by atoms with Gasteiger partial charge in [0.25, 0.3) is 5.91 Å². The molecule has 1 amide bonds. The number of benzene rings is 2. The molecule has 6 heteroatoms. The SMILES string of the molecule is CC(C)c1ccccc1OCC(=O)N1CCN(c2ccc(-c3ccccc3)nn2)CC1. The molecular formula is C25H28N4O2. The molecule has 31 heavy (non-hydrogen) atoms. The number of aromatic nitrogens is 2. The first-order chi connectivity index (χ1) is 15.1. The summed E-state index contributed by atoms with van der Waals surface area (Å²) in [7, 11) is 0. The first-order valence-electron chi connectivity index (χ1n) is 10.8. The first-order valence-corrected chi connectivity index (χ1v) is 10.8. The highest BCUT2D eigenvalue weighted by atomic mass is 16.5. The van der Waals surface area contributed by atoms with Gasteiger partial charge in [-0.3, -0.25) is 4.79 Å². The Bertz CT molecular complexity index is 998. The van der Waals surface area contributed by atoms with Crippen molar-refractivity contribution in [1.82, 2.24) is 15.1 Å². The lowest BCUT2D eigenvalue weighted by molar-refractivity contribution is -0.133. The number of amides is 1. The van der Waals surface area contributed by atoms with E-state index in [-0.39, 0.29) is 12.5 Å². The van der Waals surface area contributed by atoms with Crippen LogP contribution in [0.3, 0.4) is 0 Å².